The Hall–Kier alpha value is -1.44. The van der Waals surface area contributed by atoms with Crippen molar-refractivity contribution in [2.24, 2.45) is 11.3 Å². The lowest BCUT2D eigenvalue weighted by Crippen LogP contribution is -2.57. The SMILES string of the molecule is COCCON1C(=O)CC(C(=O)OC)C12CCN(CCC1=C(C)CCCC1(C)C)CC2. The van der Waals surface area contributed by atoms with Crippen LogP contribution in [0, 0.1) is 11.3 Å². The number of likely N-dealkylation sites (tertiary alicyclic amines) is 1. The van der Waals surface area contributed by atoms with Crippen LogP contribution in [0.25, 0.3) is 0 Å². The minimum atomic E-state index is -0.617. The van der Waals surface area contributed by atoms with Crippen LogP contribution < -0.4 is 0 Å². The fourth-order valence-electron chi connectivity index (χ4n) is 5.91. The number of rotatable bonds is 8. The van der Waals surface area contributed by atoms with Gasteiger partial charge in [-0.1, -0.05) is 25.0 Å². The lowest BCUT2D eigenvalue weighted by Gasteiger charge is -2.46. The van der Waals surface area contributed by atoms with Crippen LogP contribution in [0.4, 0.5) is 0 Å². The molecule has 2 aliphatic heterocycles. The van der Waals surface area contributed by atoms with E-state index in [-0.39, 0.29) is 18.3 Å². The van der Waals surface area contributed by atoms with Gasteiger partial charge in [-0.15, -0.1) is 0 Å². The number of methoxy groups -OCH3 is 2. The molecule has 31 heavy (non-hydrogen) atoms. The van der Waals surface area contributed by atoms with Gasteiger partial charge in [0.2, 0.25) is 5.91 Å². The van der Waals surface area contributed by atoms with Crippen molar-refractivity contribution in [3.63, 3.8) is 0 Å². The van der Waals surface area contributed by atoms with E-state index in [1.165, 1.54) is 31.4 Å². The van der Waals surface area contributed by atoms with Crippen LogP contribution >= 0.6 is 0 Å². The molecule has 0 aromatic rings. The van der Waals surface area contributed by atoms with Crippen LogP contribution in [0.15, 0.2) is 11.1 Å². The molecule has 7 nitrogen and oxygen atoms in total. The van der Waals surface area contributed by atoms with Crippen LogP contribution in [0.1, 0.15) is 65.7 Å². The first-order chi connectivity index (χ1) is 14.7. The highest BCUT2D eigenvalue weighted by atomic mass is 16.7. The Balaban J connectivity index is 1.67. The summed E-state index contributed by atoms with van der Waals surface area (Å²) in [6.45, 7) is 10.4. The number of allylic oxidation sites excluding steroid dienone is 1. The average molecular weight is 437 g/mol. The van der Waals surface area contributed by atoms with E-state index in [1.807, 2.05) is 0 Å². The van der Waals surface area contributed by atoms with Gasteiger partial charge in [0.15, 0.2) is 0 Å². The molecule has 1 aliphatic carbocycles. The molecule has 0 N–H and O–H groups in total. The fraction of sp³-hybridized carbons (Fsp3) is 0.833. The molecule has 0 bridgehead atoms. The standard InChI is InChI=1S/C24H40N2O5/c1-18-7-6-9-23(2,3)19(18)8-12-25-13-10-24(11-14-25)20(22(28)30-5)17-21(27)26(24)31-16-15-29-4/h20H,6-17H2,1-5H3. The molecule has 2 saturated heterocycles. The molecule has 0 radical (unpaired) electrons. The number of esters is 1. The molecule has 1 spiro atoms. The van der Waals surface area contributed by atoms with Gasteiger partial charge in [0.1, 0.15) is 0 Å². The van der Waals surface area contributed by atoms with E-state index in [2.05, 4.69) is 25.7 Å². The number of hydrogen-bond donors (Lipinski definition) is 0. The smallest absolute Gasteiger partial charge is 0.311 e. The van der Waals surface area contributed by atoms with E-state index in [0.29, 0.717) is 31.5 Å². The Morgan fingerprint density at radius 3 is 2.45 bits per heavy atom. The number of piperidine rings is 1. The van der Waals surface area contributed by atoms with E-state index in [1.54, 1.807) is 18.3 Å². The van der Waals surface area contributed by atoms with Gasteiger partial charge in [-0.2, -0.15) is 0 Å². The number of amides is 1. The van der Waals surface area contributed by atoms with E-state index in [4.69, 9.17) is 14.3 Å². The Kier molecular flexibility index (Phi) is 7.81. The van der Waals surface area contributed by atoms with Gasteiger partial charge < -0.3 is 14.4 Å². The minimum absolute atomic E-state index is 0.135. The second-order valence-corrected chi connectivity index (χ2v) is 9.99. The lowest BCUT2D eigenvalue weighted by atomic mass is 9.71. The van der Waals surface area contributed by atoms with Crippen molar-refractivity contribution in [3.05, 3.63) is 11.1 Å². The first kappa shape index (κ1) is 24.2. The highest BCUT2D eigenvalue weighted by Crippen LogP contribution is 2.45. The predicted molar refractivity (Wildman–Crippen MR) is 118 cm³/mol. The number of carbonyl (C=O) groups is 2. The van der Waals surface area contributed by atoms with Crippen LogP contribution in [-0.4, -0.2) is 74.4 Å². The Labute approximate surface area is 187 Å². The van der Waals surface area contributed by atoms with Crippen molar-refractivity contribution < 1.29 is 23.9 Å². The van der Waals surface area contributed by atoms with Gasteiger partial charge in [-0.3, -0.25) is 14.4 Å². The average Bonchev–Trinajstić information content (AvgIpc) is 3.00. The zero-order valence-electron chi connectivity index (χ0n) is 20.0. The summed E-state index contributed by atoms with van der Waals surface area (Å²) in [6, 6.07) is 0. The summed E-state index contributed by atoms with van der Waals surface area (Å²) in [6.07, 6.45) is 6.45. The first-order valence-corrected chi connectivity index (χ1v) is 11.7. The van der Waals surface area contributed by atoms with Gasteiger partial charge in [0, 0.05) is 33.2 Å². The maximum atomic E-state index is 12.7. The second-order valence-electron chi connectivity index (χ2n) is 9.99. The zero-order chi connectivity index (χ0) is 22.6. The zero-order valence-corrected chi connectivity index (χ0v) is 20.0. The molecule has 176 valence electrons. The van der Waals surface area contributed by atoms with Gasteiger partial charge in [-0.25, -0.2) is 5.06 Å². The van der Waals surface area contributed by atoms with E-state index < -0.39 is 11.5 Å². The molecule has 0 aromatic heterocycles. The summed E-state index contributed by atoms with van der Waals surface area (Å²) < 4.78 is 10.1. The van der Waals surface area contributed by atoms with Crippen molar-refractivity contribution >= 4 is 11.9 Å². The molecule has 1 amide bonds. The maximum absolute atomic E-state index is 12.7. The van der Waals surface area contributed by atoms with Gasteiger partial charge in [0.25, 0.3) is 0 Å². The molecule has 0 aromatic carbocycles. The fourth-order valence-corrected chi connectivity index (χ4v) is 5.91. The Morgan fingerprint density at radius 2 is 1.84 bits per heavy atom. The van der Waals surface area contributed by atoms with Gasteiger partial charge in [-0.05, 0) is 50.9 Å². The third-order valence-corrected chi connectivity index (χ3v) is 7.74. The van der Waals surface area contributed by atoms with Crippen molar-refractivity contribution in [1.82, 2.24) is 9.96 Å². The minimum Gasteiger partial charge on any atom is -0.469 e. The van der Waals surface area contributed by atoms with E-state index in [9.17, 15) is 9.59 Å². The van der Waals surface area contributed by atoms with Crippen molar-refractivity contribution in [3.8, 4) is 0 Å². The highest BCUT2D eigenvalue weighted by molar-refractivity contribution is 5.88. The molecule has 2 fully saturated rings. The topological polar surface area (TPSA) is 68.3 Å². The number of nitrogens with zero attached hydrogens (tertiary/aromatic N) is 2. The van der Waals surface area contributed by atoms with Crippen LogP contribution in [-0.2, 0) is 23.9 Å². The number of hydroxylamine groups is 2. The van der Waals surface area contributed by atoms with Gasteiger partial charge in [0.05, 0.1) is 31.8 Å². The summed E-state index contributed by atoms with van der Waals surface area (Å²) in [5.74, 6) is -0.925. The monoisotopic (exact) mass is 436 g/mol. The Morgan fingerprint density at radius 1 is 1.13 bits per heavy atom. The van der Waals surface area contributed by atoms with Crippen LogP contribution in [0.5, 0.6) is 0 Å². The summed E-state index contributed by atoms with van der Waals surface area (Å²) >= 11 is 0. The number of ether oxygens (including phenoxy) is 2. The van der Waals surface area contributed by atoms with E-state index >= 15 is 0 Å². The molecular weight excluding hydrogens is 396 g/mol. The normalized spacial score (nSPS) is 26.0. The first-order valence-electron chi connectivity index (χ1n) is 11.7. The van der Waals surface area contributed by atoms with Crippen LogP contribution in [0.3, 0.4) is 0 Å². The highest BCUT2D eigenvalue weighted by Gasteiger charge is 2.58. The van der Waals surface area contributed by atoms with Crippen molar-refractivity contribution in [1.29, 1.82) is 0 Å². The molecule has 1 atom stereocenters. The molecule has 3 aliphatic rings. The summed E-state index contributed by atoms with van der Waals surface area (Å²) in [5, 5.41) is 1.49. The third kappa shape index (κ3) is 4.99. The maximum Gasteiger partial charge on any atom is 0.311 e. The van der Waals surface area contributed by atoms with E-state index in [0.717, 1.165) is 26.1 Å². The summed E-state index contributed by atoms with van der Waals surface area (Å²) in [7, 11) is 3.00. The Bertz CT molecular complexity index is 694. The summed E-state index contributed by atoms with van der Waals surface area (Å²) in [5.41, 5.74) is 2.86. The molecular formula is C24H40N2O5. The summed E-state index contributed by atoms with van der Waals surface area (Å²) in [4.78, 5) is 33.6. The second kappa shape index (κ2) is 10.0. The molecule has 2 heterocycles. The molecule has 1 unspecified atom stereocenters. The molecule has 0 saturated carbocycles. The third-order valence-electron chi connectivity index (χ3n) is 7.74. The van der Waals surface area contributed by atoms with Crippen molar-refractivity contribution in [2.45, 2.75) is 71.3 Å². The van der Waals surface area contributed by atoms with Crippen molar-refractivity contribution in [2.75, 3.05) is 47.1 Å². The quantitative estimate of drug-likeness (QED) is 0.330. The number of hydrogen-bond acceptors (Lipinski definition) is 6. The molecule has 7 heteroatoms. The predicted octanol–water partition coefficient (Wildman–Crippen LogP) is 3.34. The lowest BCUT2D eigenvalue weighted by molar-refractivity contribution is -0.226. The van der Waals surface area contributed by atoms with Gasteiger partial charge >= 0.3 is 5.97 Å². The largest absolute Gasteiger partial charge is 0.469 e. The number of carbonyl (C=O) groups excluding carboxylic acids is 2. The molecule has 3 rings (SSSR count). The van der Waals surface area contributed by atoms with Crippen LogP contribution in [0.2, 0.25) is 0 Å².